The standard InChI is InChI=1S/C13H18BrNO/c1-9-7-10(12(14)11(8-9)16-2)13(15)5-3-4-6-13/h7-8H,3-6,15H2,1-2H3. The Kier molecular flexibility index (Phi) is 3.27. The maximum atomic E-state index is 6.49. The second-order valence-corrected chi connectivity index (χ2v) is 5.48. The van der Waals surface area contributed by atoms with Gasteiger partial charge in [-0.15, -0.1) is 0 Å². The summed E-state index contributed by atoms with van der Waals surface area (Å²) in [7, 11) is 1.70. The van der Waals surface area contributed by atoms with Crippen molar-refractivity contribution in [2.45, 2.75) is 38.1 Å². The molecule has 88 valence electrons. The van der Waals surface area contributed by atoms with E-state index in [4.69, 9.17) is 10.5 Å². The van der Waals surface area contributed by atoms with Crippen molar-refractivity contribution in [2.75, 3.05) is 7.11 Å². The number of methoxy groups -OCH3 is 1. The summed E-state index contributed by atoms with van der Waals surface area (Å²) in [5.41, 5.74) is 8.72. The smallest absolute Gasteiger partial charge is 0.133 e. The maximum absolute atomic E-state index is 6.49. The number of halogens is 1. The molecule has 16 heavy (non-hydrogen) atoms. The van der Waals surface area contributed by atoms with E-state index in [0.29, 0.717) is 0 Å². The van der Waals surface area contributed by atoms with Crippen molar-refractivity contribution >= 4 is 15.9 Å². The molecule has 2 N–H and O–H groups in total. The van der Waals surface area contributed by atoms with E-state index in [1.807, 2.05) is 6.07 Å². The van der Waals surface area contributed by atoms with Crippen LogP contribution in [-0.4, -0.2) is 7.11 Å². The monoisotopic (exact) mass is 283 g/mol. The zero-order valence-corrected chi connectivity index (χ0v) is 11.4. The lowest BCUT2D eigenvalue weighted by Gasteiger charge is -2.26. The number of rotatable bonds is 2. The first-order chi connectivity index (χ1) is 7.57. The Morgan fingerprint density at radius 2 is 1.94 bits per heavy atom. The van der Waals surface area contributed by atoms with Crippen LogP contribution in [0.3, 0.4) is 0 Å². The van der Waals surface area contributed by atoms with Gasteiger partial charge in [0, 0.05) is 5.54 Å². The van der Waals surface area contributed by atoms with Gasteiger partial charge in [0.1, 0.15) is 5.75 Å². The van der Waals surface area contributed by atoms with E-state index in [-0.39, 0.29) is 5.54 Å². The van der Waals surface area contributed by atoms with E-state index >= 15 is 0 Å². The normalized spacial score (nSPS) is 18.8. The summed E-state index contributed by atoms with van der Waals surface area (Å²) >= 11 is 3.62. The number of benzene rings is 1. The summed E-state index contributed by atoms with van der Waals surface area (Å²) in [6.07, 6.45) is 4.58. The molecule has 2 nitrogen and oxygen atoms in total. The zero-order chi connectivity index (χ0) is 11.8. The Hall–Kier alpha value is -0.540. The van der Waals surface area contributed by atoms with Gasteiger partial charge in [0.25, 0.3) is 0 Å². The molecule has 0 spiro atoms. The molecule has 0 atom stereocenters. The van der Waals surface area contributed by atoms with Crippen molar-refractivity contribution < 1.29 is 4.74 Å². The highest BCUT2D eigenvalue weighted by molar-refractivity contribution is 9.10. The fourth-order valence-electron chi connectivity index (χ4n) is 2.52. The van der Waals surface area contributed by atoms with Crippen molar-refractivity contribution in [1.29, 1.82) is 0 Å². The van der Waals surface area contributed by atoms with Crippen molar-refractivity contribution in [2.24, 2.45) is 5.73 Å². The molecule has 1 saturated carbocycles. The molecule has 1 aromatic rings. The van der Waals surface area contributed by atoms with Gasteiger partial charge in [-0.2, -0.15) is 0 Å². The summed E-state index contributed by atoms with van der Waals surface area (Å²) in [5, 5.41) is 0. The van der Waals surface area contributed by atoms with Crippen LogP contribution in [0.4, 0.5) is 0 Å². The number of hydrogen-bond acceptors (Lipinski definition) is 2. The van der Waals surface area contributed by atoms with E-state index in [1.54, 1.807) is 7.11 Å². The Balaban J connectivity index is 2.51. The average molecular weight is 284 g/mol. The Labute approximate surface area is 105 Å². The third-order valence-corrected chi connectivity index (χ3v) is 4.25. The molecule has 2 rings (SSSR count). The van der Waals surface area contributed by atoms with Crippen molar-refractivity contribution in [3.63, 3.8) is 0 Å². The highest BCUT2D eigenvalue weighted by Crippen LogP contribution is 2.43. The molecule has 3 heteroatoms. The largest absolute Gasteiger partial charge is 0.496 e. The predicted octanol–water partition coefficient (Wildman–Crippen LogP) is 3.49. The minimum Gasteiger partial charge on any atom is -0.496 e. The lowest BCUT2D eigenvalue weighted by Crippen LogP contribution is -2.33. The molecule has 0 aromatic heterocycles. The molecule has 1 aliphatic rings. The summed E-state index contributed by atoms with van der Waals surface area (Å²) < 4.78 is 6.39. The Morgan fingerprint density at radius 3 is 2.50 bits per heavy atom. The third-order valence-electron chi connectivity index (χ3n) is 3.44. The molecule has 1 aromatic carbocycles. The first-order valence-corrected chi connectivity index (χ1v) is 6.49. The van der Waals surface area contributed by atoms with Crippen LogP contribution >= 0.6 is 15.9 Å². The SMILES string of the molecule is COc1cc(C)cc(C2(N)CCCC2)c1Br. The molecule has 0 radical (unpaired) electrons. The van der Waals surface area contributed by atoms with Crippen LogP contribution in [0.25, 0.3) is 0 Å². The summed E-state index contributed by atoms with van der Waals surface area (Å²) in [6.45, 7) is 2.08. The van der Waals surface area contributed by atoms with Gasteiger partial charge in [-0.05, 0) is 52.9 Å². The van der Waals surface area contributed by atoms with Crippen LogP contribution < -0.4 is 10.5 Å². The van der Waals surface area contributed by atoms with Crippen LogP contribution in [0, 0.1) is 6.92 Å². The maximum Gasteiger partial charge on any atom is 0.133 e. The minimum absolute atomic E-state index is 0.169. The van der Waals surface area contributed by atoms with Crippen LogP contribution in [0.1, 0.15) is 36.8 Å². The molecular weight excluding hydrogens is 266 g/mol. The molecule has 0 bridgehead atoms. The van der Waals surface area contributed by atoms with Crippen molar-refractivity contribution in [3.8, 4) is 5.75 Å². The van der Waals surface area contributed by atoms with Crippen LogP contribution in [0.15, 0.2) is 16.6 Å². The first-order valence-electron chi connectivity index (χ1n) is 5.70. The van der Waals surface area contributed by atoms with Gasteiger partial charge in [-0.1, -0.05) is 18.9 Å². The quantitative estimate of drug-likeness (QED) is 0.902. The van der Waals surface area contributed by atoms with Crippen molar-refractivity contribution in [3.05, 3.63) is 27.7 Å². The third kappa shape index (κ3) is 1.98. The molecule has 0 unspecified atom stereocenters. The van der Waals surface area contributed by atoms with E-state index in [1.165, 1.54) is 24.0 Å². The number of ether oxygens (including phenoxy) is 1. The van der Waals surface area contributed by atoms with Crippen LogP contribution in [0.2, 0.25) is 0 Å². The van der Waals surface area contributed by atoms with Gasteiger partial charge in [-0.3, -0.25) is 0 Å². The van der Waals surface area contributed by atoms with Gasteiger partial charge in [0.15, 0.2) is 0 Å². The Bertz CT molecular complexity index is 397. The molecule has 0 saturated heterocycles. The van der Waals surface area contributed by atoms with E-state index < -0.39 is 0 Å². The fraction of sp³-hybridized carbons (Fsp3) is 0.538. The van der Waals surface area contributed by atoms with Crippen LogP contribution in [0.5, 0.6) is 5.75 Å². The highest BCUT2D eigenvalue weighted by Gasteiger charge is 2.33. The van der Waals surface area contributed by atoms with Gasteiger partial charge >= 0.3 is 0 Å². The predicted molar refractivity (Wildman–Crippen MR) is 69.8 cm³/mol. The molecule has 0 aliphatic heterocycles. The van der Waals surface area contributed by atoms with E-state index in [9.17, 15) is 0 Å². The summed E-state index contributed by atoms with van der Waals surface area (Å²) in [6, 6.07) is 4.21. The first kappa shape index (κ1) is 11.9. The second kappa shape index (κ2) is 4.38. The molecule has 0 heterocycles. The fourth-order valence-corrected chi connectivity index (χ4v) is 3.31. The zero-order valence-electron chi connectivity index (χ0n) is 9.85. The summed E-state index contributed by atoms with van der Waals surface area (Å²) in [5.74, 6) is 0.881. The van der Waals surface area contributed by atoms with Gasteiger partial charge in [0.2, 0.25) is 0 Å². The number of aryl methyl sites for hydroxylation is 1. The summed E-state index contributed by atoms with van der Waals surface area (Å²) in [4.78, 5) is 0. The van der Waals surface area contributed by atoms with Gasteiger partial charge in [0.05, 0.1) is 11.6 Å². The molecule has 0 amide bonds. The second-order valence-electron chi connectivity index (χ2n) is 4.69. The minimum atomic E-state index is -0.169. The molecule has 1 aliphatic carbocycles. The van der Waals surface area contributed by atoms with Crippen LogP contribution in [-0.2, 0) is 5.54 Å². The van der Waals surface area contributed by atoms with E-state index in [2.05, 4.69) is 28.9 Å². The lowest BCUT2D eigenvalue weighted by atomic mass is 9.88. The number of hydrogen-bond donors (Lipinski definition) is 1. The lowest BCUT2D eigenvalue weighted by molar-refractivity contribution is 0.404. The van der Waals surface area contributed by atoms with Gasteiger partial charge < -0.3 is 10.5 Å². The molecular formula is C13H18BrNO. The topological polar surface area (TPSA) is 35.2 Å². The average Bonchev–Trinajstić information content (AvgIpc) is 2.69. The van der Waals surface area contributed by atoms with Gasteiger partial charge in [-0.25, -0.2) is 0 Å². The number of nitrogens with two attached hydrogens (primary N) is 1. The highest BCUT2D eigenvalue weighted by atomic mass is 79.9. The molecule has 1 fully saturated rings. The Morgan fingerprint density at radius 1 is 1.31 bits per heavy atom. The van der Waals surface area contributed by atoms with E-state index in [0.717, 1.165) is 23.1 Å². The van der Waals surface area contributed by atoms with Crippen molar-refractivity contribution in [1.82, 2.24) is 0 Å².